The van der Waals surface area contributed by atoms with Gasteiger partial charge >= 0.3 is 0 Å². The van der Waals surface area contributed by atoms with Gasteiger partial charge in [0.1, 0.15) is 0 Å². The third kappa shape index (κ3) is 17.1. The van der Waals surface area contributed by atoms with Gasteiger partial charge in [0.2, 0.25) is 15.9 Å². The molecule has 0 radical (unpaired) electrons. The molecular formula is C16H34F2N2O4S2. The van der Waals surface area contributed by atoms with E-state index >= 15 is 0 Å². The van der Waals surface area contributed by atoms with Crippen molar-refractivity contribution in [3.8, 4) is 0 Å². The van der Waals surface area contributed by atoms with E-state index in [2.05, 4.69) is 27.3 Å². The van der Waals surface area contributed by atoms with Gasteiger partial charge in [0.25, 0.3) is 0 Å². The van der Waals surface area contributed by atoms with Crippen molar-refractivity contribution < 1.29 is 26.1 Å². The highest BCUT2D eigenvalue weighted by molar-refractivity contribution is 7.88. The average Bonchev–Trinajstić information content (AvgIpc) is 2.57. The van der Waals surface area contributed by atoms with E-state index in [1.165, 1.54) is 12.7 Å². The number of hydrogen-bond donors (Lipinski definition) is 2. The van der Waals surface area contributed by atoms with Crippen LogP contribution in [0.15, 0.2) is 0 Å². The van der Waals surface area contributed by atoms with Crippen molar-refractivity contribution >= 4 is 22.6 Å². The number of sulfonamides is 1. The largest absolute Gasteiger partial charge is 0.388 e. The van der Waals surface area contributed by atoms with Crippen LogP contribution in [-0.4, -0.2) is 58.2 Å². The van der Waals surface area contributed by atoms with Gasteiger partial charge in [0.15, 0.2) is 12.5 Å². The SMILES string of the molecule is CNC1CCC(F)(F)CC1.COC.CS(=O)(=O)NC1CCCCC1.O=S. The summed E-state index contributed by atoms with van der Waals surface area (Å²) in [7, 11) is 2.10. The lowest BCUT2D eigenvalue weighted by molar-refractivity contribution is -0.0398. The Morgan fingerprint density at radius 3 is 1.73 bits per heavy atom. The van der Waals surface area contributed by atoms with Crippen LogP contribution in [0.1, 0.15) is 57.8 Å². The monoisotopic (exact) mass is 420 g/mol. The number of nitrogens with one attached hydrogen (secondary N) is 2. The molecule has 0 aromatic heterocycles. The van der Waals surface area contributed by atoms with Crippen molar-refractivity contribution in [2.75, 3.05) is 27.5 Å². The molecule has 2 aliphatic rings. The molecule has 10 heteroatoms. The standard InChI is InChI=1S/C7H13F2N.C7H15NO2S.C2H6O.OS/c1-10-6-2-4-7(8,9)5-3-6;1-11(9,10)8-7-5-3-2-4-6-7;1-3-2;1-2/h6,10H,2-5H2,1H3;7-8H,2-6H2,1H3;1-2H3;. The molecule has 2 rings (SSSR count). The molecule has 0 saturated heterocycles. The fourth-order valence-electron chi connectivity index (χ4n) is 2.85. The van der Waals surface area contributed by atoms with E-state index in [1.807, 2.05) is 7.05 Å². The molecule has 0 aromatic rings. The van der Waals surface area contributed by atoms with Crippen molar-refractivity contribution in [2.24, 2.45) is 0 Å². The summed E-state index contributed by atoms with van der Waals surface area (Å²) in [6, 6.07) is 0.526. The molecule has 26 heavy (non-hydrogen) atoms. The van der Waals surface area contributed by atoms with Gasteiger partial charge in [-0.05, 0) is 32.7 Å². The van der Waals surface area contributed by atoms with Gasteiger partial charge in [-0.1, -0.05) is 19.3 Å². The van der Waals surface area contributed by atoms with Crippen molar-refractivity contribution in [3.05, 3.63) is 0 Å². The number of rotatable bonds is 3. The minimum Gasteiger partial charge on any atom is -0.388 e. The Balaban J connectivity index is 0. The molecule has 2 fully saturated rings. The van der Waals surface area contributed by atoms with E-state index in [4.69, 9.17) is 4.21 Å². The van der Waals surface area contributed by atoms with Gasteiger partial charge in [0, 0.05) is 39.1 Å². The van der Waals surface area contributed by atoms with E-state index in [-0.39, 0.29) is 18.9 Å². The lowest BCUT2D eigenvalue weighted by Crippen LogP contribution is -2.35. The van der Waals surface area contributed by atoms with E-state index < -0.39 is 15.9 Å². The molecule has 0 atom stereocenters. The molecule has 0 spiro atoms. The zero-order chi connectivity index (χ0) is 20.6. The third-order valence-corrected chi connectivity index (χ3v) is 4.87. The number of hydrogen-bond acceptors (Lipinski definition) is 6. The van der Waals surface area contributed by atoms with Gasteiger partial charge in [0.05, 0.1) is 6.26 Å². The van der Waals surface area contributed by atoms with Gasteiger partial charge < -0.3 is 10.1 Å². The number of halogens is 2. The first-order chi connectivity index (χ1) is 12.1. The highest BCUT2D eigenvalue weighted by atomic mass is 32.2. The van der Waals surface area contributed by atoms with Crippen LogP contribution in [-0.2, 0) is 27.3 Å². The summed E-state index contributed by atoms with van der Waals surface area (Å²) in [4.78, 5) is 0. The van der Waals surface area contributed by atoms with Crippen molar-refractivity contribution in [3.63, 3.8) is 0 Å². The van der Waals surface area contributed by atoms with E-state index in [0.717, 1.165) is 25.7 Å². The van der Waals surface area contributed by atoms with Gasteiger partial charge in [-0.25, -0.2) is 21.9 Å². The topological polar surface area (TPSA) is 84.5 Å². The fraction of sp³-hybridized carbons (Fsp3) is 1.00. The summed E-state index contributed by atoms with van der Waals surface area (Å²) in [6.07, 6.45) is 8.15. The molecule has 0 aromatic carbocycles. The summed E-state index contributed by atoms with van der Waals surface area (Å²) in [6.45, 7) is 0. The molecule has 0 amide bonds. The van der Waals surface area contributed by atoms with Crippen molar-refractivity contribution in [1.82, 2.24) is 10.0 Å². The van der Waals surface area contributed by atoms with Crippen LogP contribution in [0.4, 0.5) is 8.78 Å². The molecule has 2 aliphatic carbocycles. The van der Waals surface area contributed by atoms with Crippen molar-refractivity contribution in [2.45, 2.75) is 75.8 Å². The summed E-state index contributed by atoms with van der Waals surface area (Å²) in [5, 5.41) is 3.01. The second kappa shape index (κ2) is 15.7. The minimum absolute atomic E-state index is 0.0541. The molecule has 158 valence electrons. The number of ether oxygens (including phenoxy) is 1. The van der Waals surface area contributed by atoms with Crippen LogP contribution in [0.5, 0.6) is 0 Å². The van der Waals surface area contributed by atoms with E-state index in [1.54, 1.807) is 14.2 Å². The average molecular weight is 421 g/mol. The molecular weight excluding hydrogens is 386 g/mol. The van der Waals surface area contributed by atoms with Crippen LogP contribution < -0.4 is 10.0 Å². The van der Waals surface area contributed by atoms with Crippen molar-refractivity contribution in [1.29, 1.82) is 0 Å². The first kappa shape index (κ1) is 27.9. The Labute approximate surface area is 162 Å². The van der Waals surface area contributed by atoms with Crippen LogP contribution in [0.3, 0.4) is 0 Å². The molecule has 2 saturated carbocycles. The first-order valence-electron chi connectivity index (χ1n) is 8.72. The number of methoxy groups -OCH3 is 1. The Kier molecular flexibility index (Phi) is 16.9. The maximum Gasteiger partial charge on any atom is 0.248 e. The molecule has 0 bridgehead atoms. The normalized spacial score (nSPS) is 20.4. The summed E-state index contributed by atoms with van der Waals surface area (Å²) >= 11 is 2.83. The highest BCUT2D eigenvalue weighted by Gasteiger charge is 2.34. The van der Waals surface area contributed by atoms with Crippen LogP contribution in [0.25, 0.3) is 0 Å². The Morgan fingerprint density at radius 2 is 1.38 bits per heavy atom. The van der Waals surface area contributed by atoms with Gasteiger partial charge in [-0.2, -0.15) is 4.21 Å². The smallest absolute Gasteiger partial charge is 0.248 e. The van der Waals surface area contributed by atoms with E-state index in [0.29, 0.717) is 18.9 Å². The lowest BCUT2D eigenvalue weighted by Gasteiger charge is -2.27. The second-order valence-corrected chi connectivity index (χ2v) is 8.33. The quantitative estimate of drug-likeness (QED) is 0.730. The van der Waals surface area contributed by atoms with Gasteiger partial charge in [-0.15, -0.1) is 0 Å². The zero-order valence-electron chi connectivity index (χ0n) is 16.2. The maximum atomic E-state index is 12.5. The molecule has 6 nitrogen and oxygen atoms in total. The predicted molar refractivity (Wildman–Crippen MR) is 102 cm³/mol. The first-order valence-corrected chi connectivity index (χ1v) is 10.9. The summed E-state index contributed by atoms with van der Waals surface area (Å²) in [5.74, 6) is -2.38. The Hall–Kier alpha value is -0.290. The molecule has 2 N–H and O–H groups in total. The molecule has 0 aliphatic heterocycles. The highest BCUT2D eigenvalue weighted by Crippen LogP contribution is 2.32. The Morgan fingerprint density at radius 1 is 0.962 bits per heavy atom. The molecule has 0 heterocycles. The maximum absolute atomic E-state index is 12.5. The zero-order valence-corrected chi connectivity index (χ0v) is 17.9. The minimum atomic E-state index is -2.97. The predicted octanol–water partition coefficient (Wildman–Crippen LogP) is 2.58. The summed E-state index contributed by atoms with van der Waals surface area (Å²) in [5.41, 5.74) is 0. The number of alkyl halides is 2. The summed E-state index contributed by atoms with van der Waals surface area (Å²) < 4.78 is 61.3. The van der Waals surface area contributed by atoms with E-state index in [9.17, 15) is 17.2 Å². The molecule has 0 unspecified atom stereocenters. The van der Waals surface area contributed by atoms with Gasteiger partial charge in [-0.3, -0.25) is 0 Å². The van der Waals surface area contributed by atoms with Crippen LogP contribution >= 0.6 is 0 Å². The van der Waals surface area contributed by atoms with Crippen LogP contribution in [0, 0.1) is 0 Å². The second-order valence-electron chi connectivity index (χ2n) is 6.55. The fourth-order valence-corrected chi connectivity index (χ4v) is 3.69. The lowest BCUT2D eigenvalue weighted by atomic mass is 9.92. The Bertz CT molecular complexity index is 424. The van der Waals surface area contributed by atoms with Crippen LogP contribution in [0.2, 0.25) is 0 Å². The third-order valence-electron chi connectivity index (χ3n) is 4.11.